The average molecular weight is 261 g/mol. The molecule has 0 radical (unpaired) electrons. The van der Waals surface area contributed by atoms with E-state index in [1.54, 1.807) is 6.07 Å². The fourth-order valence-electron chi connectivity index (χ4n) is 1.37. The molecule has 2 nitrogen and oxygen atoms in total. The average Bonchev–Trinajstić information content (AvgIpc) is 2.26. The van der Waals surface area contributed by atoms with Crippen molar-refractivity contribution < 1.29 is 0 Å². The van der Waals surface area contributed by atoms with Crippen molar-refractivity contribution in [2.45, 2.75) is 19.9 Å². The minimum absolute atomic E-state index is 0.679. The first-order chi connectivity index (χ1) is 7.74. The first-order valence-electron chi connectivity index (χ1n) is 5.59. The maximum Gasteiger partial charge on any atom is 0.0465 e. The van der Waals surface area contributed by atoms with Crippen molar-refractivity contribution in [3.63, 3.8) is 0 Å². The van der Waals surface area contributed by atoms with Crippen LogP contribution in [0.2, 0.25) is 10.0 Å². The molecule has 1 aromatic carbocycles. The molecule has 90 valence electrons. The third-order valence-corrected chi connectivity index (χ3v) is 2.82. The van der Waals surface area contributed by atoms with Gasteiger partial charge in [0.15, 0.2) is 0 Å². The Morgan fingerprint density at radius 2 is 1.81 bits per heavy atom. The van der Waals surface area contributed by atoms with Crippen molar-refractivity contribution >= 4 is 23.2 Å². The van der Waals surface area contributed by atoms with Crippen LogP contribution < -0.4 is 10.6 Å². The first kappa shape index (κ1) is 13.8. The fourth-order valence-corrected chi connectivity index (χ4v) is 1.84. The van der Waals surface area contributed by atoms with Gasteiger partial charge in [-0.15, -0.1) is 0 Å². The lowest BCUT2D eigenvalue weighted by molar-refractivity contribution is 0.607. The number of benzene rings is 1. The normalized spacial score (nSPS) is 10.7. The van der Waals surface area contributed by atoms with Gasteiger partial charge in [-0.05, 0) is 30.7 Å². The van der Waals surface area contributed by atoms with E-state index in [1.165, 1.54) is 6.42 Å². The monoisotopic (exact) mass is 260 g/mol. The summed E-state index contributed by atoms with van der Waals surface area (Å²) in [7, 11) is 0. The number of nitrogens with one attached hydrogen (secondary N) is 2. The predicted octanol–water partition coefficient (Wildman–Crippen LogP) is 3.08. The smallest absolute Gasteiger partial charge is 0.0465 e. The Morgan fingerprint density at radius 1 is 1.06 bits per heavy atom. The molecule has 0 aromatic heterocycles. The van der Waals surface area contributed by atoms with Crippen LogP contribution in [0.15, 0.2) is 18.2 Å². The zero-order chi connectivity index (χ0) is 11.8. The first-order valence-corrected chi connectivity index (χ1v) is 6.35. The van der Waals surface area contributed by atoms with E-state index >= 15 is 0 Å². The Hall–Kier alpha value is -0.280. The lowest BCUT2D eigenvalue weighted by Gasteiger charge is -2.07. The maximum absolute atomic E-state index is 6.05. The van der Waals surface area contributed by atoms with E-state index in [2.05, 4.69) is 17.6 Å². The summed E-state index contributed by atoms with van der Waals surface area (Å²) in [6, 6.07) is 5.59. The predicted molar refractivity (Wildman–Crippen MR) is 71.3 cm³/mol. The highest BCUT2D eigenvalue weighted by atomic mass is 35.5. The third-order valence-electron chi connectivity index (χ3n) is 2.24. The molecule has 1 rings (SSSR count). The van der Waals surface area contributed by atoms with Crippen LogP contribution in [0.4, 0.5) is 0 Å². The second-order valence-corrected chi connectivity index (χ2v) is 4.51. The molecule has 0 saturated carbocycles. The molecule has 0 spiro atoms. The van der Waals surface area contributed by atoms with Crippen LogP contribution in [0, 0.1) is 0 Å². The van der Waals surface area contributed by atoms with Gasteiger partial charge in [-0.1, -0.05) is 36.2 Å². The molecule has 0 amide bonds. The van der Waals surface area contributed by atoms with Gasteiger partial charge in [0.25, 0.3) is 0 Å². The Morgan fingerprint density at radius 3 is 2.50 bits per heavy atom. The summed E-state index contributed by atoms with van der Waals surface area (Å²) in [6.45, 7) is 5.94. The number of rotatable bonds is 7. The van der Waals surface area contributed by atoms with Crippen LogP contribution in [-0.2, 0) is 6.54 Å². The minimum Gasteiger partial charge on any atom is -0.315 e. The van der Waals surface area contributed by atoms with Crippen LogP contribution >= 0.6 is 23.2 Å². The molecule has 0 saturated heterocycles. The molecule has 2 N–H and O–H groups in total. The van der Waals surface area contributed by atoms with Crippen molar-refractivity contribution in [3.8, 4) is 0 Å². The molecule has 0 atom stereocenters. The summed E-state index contributed by atoms with van der Waals surface area (Å²) in [5.74, 6) is 0. The quantitative estimate of drug-likeness (QED) is 0.737. The molecule has 0 unspecified atom stereocenters. The maximum atomic E-state index is 6.05. The van der Waals surface area contributed by atoms with E-state index in [9.17, 15) is 0 Å². The molecule has 0 fully saturated rings. The second-order valence-electron chi connectivity index (χ2n) is 3.66. The van der Waals surface area contributed by atoms with Crippen molar-refractivity contribution in [2.75, 3.05) is 19.6 Å². The molecule has 0 aliphatic rings. The highest BCUT2D eigenvalue weighted by Crippen LogP contribution is 2.20. The van der Waals surface area contributed by atoms with Gasteiger partial charge in [0.2, 0.25) is 0 Å². The van der Waals surface area contributed by atoms with Crippen LogP contribution in [0.3, 0.4) is 0 Å². The van der Waals surface area contributed by atoms with Gasteiger partial charge < -0.3 is 10.6 Å². The van der Waals surface area contributed by atoms with E-state index < -0.39 is 0 Å². The van der Waals surface area contributed by atoms with E-state index in [0.29, 0.717) is 5.02 Å². The second kappa shape index (κ2) is 7.91. The molecule has 0 bridgehead atoms. The molecular weight excluding hydrogens is 243 g/mol. The van der Waals surface area contributed by atoms with Gasteiger partial charge in [-0.25, -0.2) is 0 Å². The van der Waals surface area contributed by atoms with E-state index in [1.807, 2.05) is 12.1 Å². The molecule has 0 heterocycles. The summed E-state index contributed by atoms with van der Waals surface area (Å²) >= 11 is 11.9. The minimum atomic E-state index is 0.679. The fraction of sp³-hybridized carbons (Fsp3) is 0.500. The van der Waals surface area contributed by atoms with Gasteiger partial charge in [-0.2, -0.15) is 0 Å². The molecule has 4 heteroatoms. The van der Waals surface area contributed by atoms with Gasteiger partial charge in [0.05, 0.1) is 0 Å². The Kier molecular flexibility index (Phi) is 6.81. The summed E-state index contributed by atoms with van der Waals surface area (Å²) < 4.78 is 0. The Balaban J connectivity index is 2.21. The molecular formula is C12H18Cl2N2. The van der Waals surface area contributed by atoms with E-state index in [0.717, 1.165) is 36.8 Å². The van der Waals surface area contributed by atoms with Crippen LogP contribution in [0.1, 0.15) is 18.9 Å². The largest absolute Gasteiger partial charge is 0.315 e. The van der Waals surface area contributed by atoms with Gasteiger partial charge in [-0.3, -0.25) is 0 Å². The Labute approximate surface area is 107 Å². The van der Waals surface area contributed by atoms with E-state index in [4.69, 9.17) is 23.2 Å². The lowest BCUT2D eigenvalue weighted by atomic mass is 10.2. The summed E-state index contributed by atoms with van der Waals surface area (Å²) in [4.78, 5) is 0. The summed E-state index contributed by atoms with van der Waals surface area (Å²) in [5, 5.41) is 8.06. The number of halogens is 2. The zero-order valence-electron chi connectivity index (χ0n) is 9.52. The molecule has 16 heavy (non-hydrogen) atoms. The van der Waals surface area contributed by atoms with Crippen LogP contribution in [0.25, 0.3) is 0 Å². The lowest BCUT2D eigenvalue weighted by Crippen LogP contribution is -2.27. The summed E-state index contributed by atoms with van der Waals surface area (Å²) in [5.41, 5.74) is 1.08. The number of hydrogen-bond acceptors (Lipinski definition) is 2. The van der Waals surface area contributed by atoms with Crippen molar-refractivity contribution in [3.05, 3.63) is 33.8 Å². The standard InChI is InChI=1S/C12H18Cl2N2/c1-2-5-15-6-7-16-9-10-3-4-11(13)8-12(10)14/h3-4,8,15-16H,2,5-7,9H2,1H3. The zero-order valence-corrected chi connectivity index (χ0v) is 11.0. The topological polar surface area (TPSA) is 24.1 Å². The van der Waals surface area contributed by atoms with Gasteiger partial charge >= 0.3 is 0 Å². The SMILES string of the molecule is CCCNCCNCc1ccc(Cl)cc1Cl. The number of hydrogen-bond donors (Lipinski definition) is 2. The Bertz CT molecular complexity index is 316. The van der Waals surface area contributed by atoms with Crippen LogP contribution in [-0.4, -0.2) is 19.6 Å². The summed E-state index contributed by atoms with van der Waals surface area (Å²) in [6.07, 6.45) is 1.17. The highest BCUT2D eigenvalue weighted by Gasteiger charge is 2.00. The van der Waals surface area contributed by atoms with Gasteiger partial charge in [0, 0.05) is 29.7 Å². The van der Waals surface area contributed by atoms with Crippen molar-refractivity contribution in [1.29, 1.82) is 0 Å². The molecule has 0 aliphatic heterocycles. The van der Waals surface area contributed by atoms with Gasteiger partial charge in [0.1, 0.15) is 0 Å². The molecule has 0 aliphatic carbocycles. The third kappa shape index (κ3) is 5.17. The van der Waals surface area contributed by atoms with Crippen molar-refractivity contribution in [1.82, 2.24) is 10.6 Å². The van der Waals surface area contributed by atoms with Crippen molar-refractivity contribution in [2.24, 2.45) is 0 Å². The van der Waals surface area contributed by atoms with Crippen LogP contribution in [0.5, 0.6) is 0 Å². The molecule has 1 aromatic rings. The highest BCUT2D eigenvalue weighted by molar-refractivity contribution is 6.35. The van der Waals surface area contributed by atoms with E-state index in [-0.39, 0.29) is 0 Å².